The number of nitrogens with two attached hydrogens (primary N) is 1. The number of amides is 1. The Morgan fingerprint density at radius 1 is 1.33 bits per heavy atom. The largest absolute Gasteiger partial charge is 0.381 e. The van der Waals surface area contributed by atoms with Gasteiger partial charge in [0.15, 0.2) is 0 Å². The van der Waals surface area contributed by atoms with Crippen LogP contribution < -0.4 is 5.73 Å². The summed E-state index contributed by atoms with van der Waals surface area (Å²) in [6.45, 7) is 6.48. The van der Waals surface area contributed by atoms with Crippen molar-refractivity contribution in [3.05, 3.63) is 0 Å². The van der Waals surface area contributed by atoms with Crippen molar-refractivity contribution in [2.45, 2.75) is 57.5 Å². The summed E-state index contributed by atoms with van der Waals surface area (Å²) in [5.74, 6) is 0.661. The molecule has 1 saturated carbocycles. The van der Waals surface area contributed by atoms with Crippen LogP contribution in [-0.4, -0.2) is 42.1 Å². The molecule has 2 aliphatic rings. The summed E-state index contributed by atoms with van der Waals surface area (Å²) in [4.78, 5) is 14.7. The van der Waals surface area contributed by atoms with Crippen LogP contribution in [0.25, 0.3) is 0 Å². The number of nitrogens with zero attached hydrogens (tertiary/aromatic N) is 1. The third-order valence-electron chi connectivity index (χ3n) is 4.42. The summed E-state index contributed by atoms with van der Waals surface area (Å²) in [6, 6.07) is 0.444. The maximum atomic E-state index is 12.7. The first-order valence-corrected chi connectivity index (χ1v) is 7.28. The highest BCUT2D eigenvalue weighted by molar-refractivity contribution is 5.86. The van der Waals surface area contributed by atoms with Gasteiger partial charge in [-0.3, -0.25) is 4.79 Å². The Morgan fingerprint density at radius 2 is 2.00 bits per heavy atom. The zero-order chi connectivity index (χ0) is 13.2. The highest BCUT2D eigenvalue weighted by atomic mass is 16.5. The molecule has 104 valence electrons. The third kappa shape index (κ3) is 2.86. The van der Waals surface area contributed by atoms with Crippen molar-refractivity contribution in [3.8, 4) is 0 Å². The van der Waals surface area contributed by atoms with E-state index >= 15 is 0 Å². The number of hydrogen-bond donors (Lipinski definition) is 1. The highest BCUT2D eigenvalue weighted by Crippen LogP contribution is 2.31. The van der Waals surface area contributed by atoms with Crippen LogP contribution in [0.4, 0.5) is 0 Å². The minimum atomic E-state index is -0.665. The molecule has 0 spiro atoms. The molecule has 1 amide bonds. The molecule has 2 N–H and O–H groups in total. The van der Waals surface area contributed by atoms with Crippen molar-refractivity contribution < 1.29 is 9.53 Å². The van der Waals surface area contributed by atoms with Gasteiger partial charge in [0.25, 0.3) is 0 Å². The smallest absolute Gasteiger partial charge is 0.242 e. The van der Waals surface area contributed by atoms with Crippen molar-refractivity contribution in [1.82, 2.24) is 4.90 Å². The lowest BCUT2D eigenvalue weighted by Gasteiger charge is -2.34. The standard InChI is InChI=1S/C14H26N2O2/c1-3-14(15,4-2)13(17)16(12-5-6-12)9-11-7-8-18-10-11/h11-12H,3-10,15H2,1-2H3. The fraction of sp³-hybridized carbons (Fsp3) is 0.929. The molecule has 1 aliphatic carbocycles. The molecule has 1 saturated heterocycles. The maximum Gasteiger partial charge on any atom is 0.242 e. The van der Waals surface area contributed by atoms with Gasteiger partial charge in [-0.1, -0.05) is 13.8 Å². The number of carbonyl (C=O) groups excluding carboxylic acids is 1. The SMILES string of the molecule is CCC(N)(CC)C(=O)N(CC1CCOC1)C1CC1. The molecule has 18 heavy (non-hydrogen) atoms. The molecule has 1 atom stereocenters. The quantitative estimate of drug-likeness (QED) is 0.782. The van der Waals surface area contributed by atoms with Crippen LogP contribution in [0.3, 0.4) is 0 Å². The molecular formula is C14H26N2O2. The zero-order valence-electron chi connectivity index (χ0n) is 11.7. The monoisotopic (exact) mass is 254 g/mol. The van der Waals surface area contributed by atoms with E-state index in [1.54, 1.807) is 0 Å². The molecule has 0 aromatic heterocycles. The lowest BCUT2D eigenvalue weighted by molar-refractivity contribution is -0.138. The van der Waals surface area contributed by atoms with Gasteiger partial charge in [-0.2, -0.15) is 0 Å². The number of carbonyl (C=O) groups is 1. The first-order chi connectivity index (χ1) is 8.60. The predicted molar refractivity (Wildman–Crippen MR) is 71.2 cm³/mol. The van der Waals surface area contributed by atoms with Crippen molar-refractivity contribution in [2.75, 3.05) is 19.8 Å². The number of ether oxygens (including phenoxy) is 1. The Balaban J connectivity index is 2.02. The summed E-state index contributed by atoms with van der Waals surface area (Å²) < 4.78 is 5.41. The second-order valence-electron chi connectivity index (χ2n) is 5.78. The van der Waals surface area contributed by atoms with Crippen LogP contribution in [0, 0.1) is 5.92 Å². The number of rotatable bonds is 6. The van der Waals surface area contributed by atoms with Crippen LogP contribution in [0.5, 0.6) is 0 Å². The van der Waals surface area contributed by atoms with Crippen LogP contribution in [0.15, 0.2) is 0 Å². The van der Waals surface area contributed by atoms with Crippen LogP contribution in [0.1, 0.15) is 46.0 Å². The zero-order valence-corrected chi connectivity index (χ0v) is 11.7. The molecule has 0 bridgehead atoms. The molecular weight excluding hydrogens is 228 g/mol. The van der Waals surface area contributed by atoms with Crippen LogP contribution >= 0.6 is 0 Å². The predicted octanol–water partition coefficient (Wildman–Crippen LogP) is 1.53. The van der Waals surface area contributed by atoms with E-state index in [0.717, 1.165) is 39.0 Å². The van der Waals surface area contributed by atoms with Crippen LogP contribution in [-0.2, 0) is 9.53 Å². The molecule has 2 rings (SSSR count). The molecule has 4 nitrogen and oxygen atoms in total. The van der Waals surface area contributed by atoms with Gasteiger partial charge in [0, 0.05) is 25.1 Å². The van der Waals surface area contributed by atoms with E-state index in [0.29, 0.717) is 24.8 Å². The van der Waals surface area contributed by atoms with Gasteiger partial charge in [0.2, 0.25) is 5.91 Å². The van der Waals surface area contributed by atoms with Gasteiger partial charge in [-0.25, -0.2) is 0 Å². The molecule has 1 aliphatic heterocycles. The molecule has 1 unspecified atom stereocenters. The van der Waals surface area contributed by atoms with Gasteiger partial charge in [-0.15, -0.1) is 0 Å². The Hall–Kier alpha value is -0.610. The summed E-state index contributed by atoms with van der Waals surface area (Å²) >= 11 is 0. The Bertz CT molecular complexity index is 292. The lowest BCUT2D eigenvalue weighted by atomic mass is 9.91. The first-order valence-electron chi connectivity index (χ1n) is 7.28. The average Bonchev–Trinajstić information content (AvgIpc) is 3.11. The molecule has 0 radical (unpaired) electrons. The average molecular weight is 254 g/mol. The van der Waals surface area contributed by atoms with E-state index in [-0.39, 0.29) is 5.91 Å². The van der Waals surface area contributed by atoms with E-state index in [9.17, 15) is 4.79 Å². The minimum Gasteiger partial charge on any atom is -0.381 e. The summed E-state index contributed by atoms with van der Waals surface area (Å²) in [5, 5.41) is 0. The van der Waals surface area contributed by atoms with Crippen molar-refractivity contribution in [1.29, 1.82) is 0 Å². The van der Waals surface area contributed by atoms with Gasteiger partial charge >= 0.3 is 0 Å². The third-order valence-corrected chi connectivity index (χ3v) is 4.42. The summed E-state index contributed by atoms with van der Waals surface area (Å²) in [7, 11) is 0. The Kier molecular flexibility index (Phi) is 4.28. The van der Waals surface area contributed by atoms with E-state index < -0.39 is 5.54 Å². The summed E-state index contributed by atoms with van der Waals surface area (Å²) in [5.41, 5.74) is 5.59. The molecule has 0 aromatic carbocycles. The lowest BCUT2D eigenvalue weighted by Crippen LogP contribution is -2.56. The maximum absolute atomic E-state index is 12.7. The Morgan fingerprint density at radius 3 is 2.44 bits per heavy atom. The molecule has 2 fully saturated rings. The topological polar surface area (TPSA) is 55.6 Å². The minimum absolute atomic E-state index is 0.155. The molecule has 1 heterocycles. The summed E-state index contributed by atoms with van der Waals surface area (Å²) in [6.07, 6.45) is 4.79. The number of hydrogen-bond acceptors (Lipinski definition) is 3. The fourth-order valence-electron chi connectivity index (χ4n) is 2.63. The normalized spacial score (nSPS) is 24.3. The second-order valence-corrected chi connectivity index (χ2v) is 5.78. The highest BCUT2D eigenvalue weighted by Gasteiger charge is 2.41. The van der Waals surface area contributed by atoms with E-state index in [1.807, 2.05) is 18.7 Å². The van der Waals surface area contributed by atoms with E-state index in [2.05, 4.69) is 0 Å². The Labute approximate surface area is 110 Å². The fourth-order valence-corrected chi connectivity index (χ4v) is 2.63. The second kappa shape index (κ2) is 5.57. The molecule has 4 heteroatoms. The van der Waals surface area contributed by atoms with Gasteiger partial charge < -0.3 is 15.4 Å². The van der Waals surface area contributed by atoms with Gasteiger partial charge in [0.1, 0.15) is 0 Å². The first kappa shape index (κ1) is 13.8. The van der Waals surface area contributed by atoms with Crippen molar-refractivity contribution in [2.24, 2.45) is 11.7 Å². The van der Waals surface area contributed by atoms with Crippen molar-refractivity contribution >= 4 is 5.91 Å². The van der Waals surface area contributed by atoms with Crippen LogP contribution in [0.2, 0.25) is 0 Å². The van der Waals surface area contributed by atoms with Gasteiger partial charge in [-0.05, 0) is 32.1 Å². The molecule has 0 aromatic rings. The van der Waals surface area contributed by atoms with Gasteiger partial charge in [0.05, 0.1) is 12.1 Å². The van der Waals surface area contributed by atoms with Crippen molar-refractivity contribution in [3.63, 3.8) is 0 Å². The van der Waals surface area contributed by atoms with E-state index in [4.69, 9.17) is 10.5 Å². The van der Waals surface area contributed by atoms with E-state index in [1.165, 1.54) is 0 Å².